The number of rotatable bonds is 4. The van der Waals surface area contributed by atoms with Crippen molar-refractivity contribution in [2.45, 2.75) is 44.2 Å². The standard InChI is InChI=1S/C21H21ClFN3O2/c1-21(14-3-2-4-19(14)28-20(24)26-21)15-9-12(5-7-16(15)23)10-18(27)17-8-6-13(22)11-25-17/h5-9,11,14,19H,2-4,10H2,1H3,(H2,24,26)/t14?,19?,21-/m0/s1. The number of Topliss-reactive ketones (excluding diaryl/α,β-unsaturated/α-hetero) is 1. The van der Waals surface area contributed by atoms with Crippen LogP contribution in [0, 0.1) is 11.7 Å². The lowest BCUT2D eigenvalue weighted by molar-refractivity contribution is 0.0700. The first-order valence-electron chi connectivity index (χ1n) is 9.32. The molecular weight excluding hydrogens is 381 g/mol. The van der Waals surface area contributed by atoms with Gasteiger partial charge in [0.15, 0.2) is 5.78 Å². The molecule has 1 aromatic heterocycles. The number of benzene rings is 1. The molecule has 5 nitrogen and oxygen atoms in total. The number of aliphatic imine (C=N–C) groups is 1. The van der Waals surface area contributed by atoms with Gasteiger partial charge < -0.3 is 10.5 Å². The predicted octanol–water partition coefficient (Wildman–Crippen LogP) is 4.03. The molecule has 7 heteroatoms. The monoisotopic (exact) mass is 401 g/mol. The van der Waals surface area contributed by atoms with Gasteiger partial charge in [-0.25, -0.2) is 9.38 Å². The fourth-order valence-corrected chi connectivity index (χ4v) is 4.46. The first-order chi connectivity index (χ1) is 13.4. The topological polar surface area (TPSA) is 77.6 Å². The maximum Gasteiger partial charge on any atom is 0.283 e. The molecule has 0 amide bonds. The van der Waals surface area contributed by atoms with Gasteiger partial charge in [-0.2, -0.15) is 0 Å². The maximum atomic E-state index is 14.8. The number of nitrogens with zero attached hydrogens (tertiary/aromatic N) is 2. The number of carbonyl (C=O) groups excluding carboxylic acids is 1. The minimum absolute atomic E-state index is 0.0505. The van der Waals surface area contributed by atoms with Crippen molar-refractivity contribution >= 4 is 23.4 Å². The Morgan fingerprint density at radius 2 is 2.18 bits per heavy atom. The molecular formula is C21H21ClFN3O2. The summed E-state index contributed by atoms with van der Waals surface area (Å²) in [7, 11) is 0. The molecule has 4 rings (SSSR count). The fraction of sp³-hybridized carbons (Fsp3) is 0.381. The van der Waals surface area contributed by atoms with Crippen LogP contribution in [0.4, 0.5) is 4.39 Å². The van der Waals surface area contributed by atoms with Gasteiger partial charge in [-0.15, -0.1) is 0 Å². The van der Waals surface area contributed by atoms with Gasteiger partial charge in [0, 0.05) is 24.1 Å². The summed E-state index contributed by atoms with van der Waals surface area (Å²) in [6.45, 7) is 1.90. The average molecular weight is 402 g/mol. The molecule has 0 bridgehead atoms. The molecule has 1 aromatic carbocycles. The van der Waals surface area contributed by atoms with Crippen LogP contribution >= 0.6 is 11.6 Å². The number of ketones is 1. The highest BCUT2D eigenvalue weighted by atomic mass is 35.5. The van der Waals surface area contributed by atoms with E-state index in [9.17, 15) is 9.18 Å². The summed E-state index contributed by atoms with van der Waals surface area (Å²) in [6, 6.07) is 8.04. The quantitative estimate of drug-likeness (QED) is 0.784. The van der Waals surface area contributed by atoms with Crippen LogP contribution in [0.5, 0.6) is 0 Å². The minimum Gasteiger partial charge on any atom is -0.462 e. The number of pyridine rings is 1. The van der Waals surface area contributed by atoms with E-state index in [-0.39, 0.29) is 36.1 Å². The second-order valence-corrected chi connectivity index (χ2v) is 8.00. The Morgan fingerprint density at radius 1 is 1.36 bits per heavy atom. The summed E-state index contributed by atoms with van der Waals surface area (Å²) in [6.07, 6.45) is 4.28. The first-order valence-corrected chi connectivity index (χ1v) is 9.70. The molecule has 28 heavy (non-hydrogen) atoms. The Kier molecular flexibility index (Phi) is 4.83. The third-order valence-electron chi connectivity index (χ3n) is 5.74. The molecule has 2 aromatic rings. The van der Waals surface area contributed by atoms with Gasteiger partial charge in [0.1, 0.15) is 17.6 Å². The van der Waals surface area contributed by atoms with Gasteiger partial charge in [0.05, 0.1) is 10.6 Å². The van der Waals surface area contributed by atoms with Gasteiger partial charge in [-0.1, -0.05) is 17.7 Å². The van der Waals surface area contributed by atoms with Crippen LogP contribution in [0.15, 0.2) is 41.5 Å². The van der Waals surface area contributed by atoms with E-state index in [4.69, 9.17) is 22.1 Å². The van der Waals surface area contributed by atoms with Crippen molar-refractivity contribution in [1.82, 2.24) is 4.98 Å². The van der Waals surface area contributed by atoms with E-state index in [1.165, 1.54) is 12.3 Å². The predicted molar refractivity (Wildman–Crippen MR) is 105 cm³/mol. The van der Waals surface area contributed by atoms with Gasteiger partial charge in [-0.3, -0.25) is 9.78 Å². The highest BCUT2D eigenvalue weighted by Gasteiger charge is 2.49. The van der Waals surface area contributed by atoms with Crippen molar-refractivity contribution in [3.63, 3.8) is 0 Å². The normalized spacial score (nSPS) is 26.3. The number of ether oxygens (including phenoxy) is 1. The Balaban J connectivity index is 1.66. The molecule has 3 atom stereocenters. The molecule has 2 heterocycles. The zero-order valence-electron chi connectivity index (χ0n) is 15.5. The summed E-state index contributed by atoms with van der Waals surface area (Å²) >= 11 is 5.82. The van der Waals surface area contributed by atoms with Crippen LogP contribution in [0.25, 0.3) is 0 Å². The largest absolute Gasteiger partial charge is 0.462 e. The number of aromatic nitrogens is 1. The van der Waals surface area contributed by atoms with Gasteiger partial charge in [0.2, 0.25) is 0 Å². The van der Waals surface area contributed by atoms with E-state index < -0.39 is 5.54 Å². The molecule has 0 radical (unpaired) electrons. The number of hydrogen-bond donors (Lipinski definition) is 1. The summed E-state index contributed by atoms with van der Waals surface area (Å²) < 4.78 is 20.5. The summed E-state index contributed by atoms with van der Waals surface area (Å²) in [5.74, 6) is -0.460. The summed E-state index contributed by atoms with van der Waals surface area (Å²) in [5.41, 5.74) is 6.56. The van der Waals surface area contributed by atoms with E-state index in [0.717, 1.165) is 19.3 Å². The van der Waals surface area contributed by atoms with Crippen LogP contribution < -0.4 is 5.73 Å². The Bertz CT molecular complexity index is 947. The number of nitrogens with two attached hydrogens (primary N) is 1. The maximum absolute atomic E-state index is 14.8. The van der Waals surface area contributed by atoms with Gasteiger partial charge in [-0.05, 0) is 56.0 Å². The fourth-order valence-electron chi connectivity index (χ4n) is 4.35. The molecule has 0 saturated heterocycles. The van der Waals surface area contributed by atoms with E-state index >= 15 is 0 Å². The van der Waals surface area contributed by atoms with Crippen molar-refractivity contribution in [3.8, 4) is 0 Å². The van der Waals surface area contributed by atoms with Gasteiger partial charge >= 0.3 is 0 Å². The van der Waals surface area contributed by atoms with Crippen molar-refractivity contribution in [2.75, 3.05) is 0 Å². The average Bonchev–Trinajstić information content (AvgIpc) is 3.13. The SMILES string of the molecule is C[C@]1(c2cc(CC(=O)c3ccc(Cl)cn3)ccc2F)N=C(N)OC2CCCC21. The zero-order chi connectivity index (χ0) is 19.9. The molecule has 1 aliphatic heterocycles. The second-order valence-electron chi connectivity index (χ2n) is 7.57. The van der Waals surface area contributed by atoms with E-state index in [2.05, 4.69) is 9.98 Å². The summed E-state index contributed by atoms with van der Waals surface area (Å²) in [4.78, 5) is 21.1. The smallest absolute Gasteiger partial charge is 0.283 e. The zero-order valence-corrected chi connectivity index (χ0v) is 16.2. The number of carbonyl (C=O) groups is 1. The highest BCUT2D eigenvalue weighted by Crippen LogP contribution is 2.47. The van der Waals surface area contributed by atoms with Crippen LogP contribution in [0.1, 0.15) is 47.8 Å². The second kappa shape index (κ2) is 7.17. The molecule has 2 N–H and O–H groups in total. The lowest BCUT2D eigenvalue weighted by atomic mass is 9.76. The molecule has 1 fully saturated rings. The Labute approximate surface area is 167 Å². The van der Waals surface area contributed by atoms with Crippen molar-refractivity contribution in [2.24, 2.45) is 16.6 Å². The molecule has 1 saturated carbocycles. The number of halogens is 2. The lowest BCUT2D eigenvalue weighted by Crippen LogP contribution is -2.45. The Hall–Kier alpha value is -2.47. The third-order valence-corrected chi connectivity index (χ3v) is 5.97. The van der Waals surface area contributed by atoms with Crippen molar-refractivity contribution in [3.05, 3.63) is 64.2 Å². The molecule has 2 aliphatic rings. The molecule has 1 aliphatic carbocycles. The lowest BCUT2D eigenvalue weighted by Gasteiger charge is -2.40. The van der Waals surface area contributed by atoms with Crippen LogP contribution in [-0.4, -0.2) is 22.9 Å². The minimum atomic E-state index is -0.814. The van der Waals surface area contributed by atoms with E-state index in [1.807, 2.05) is 6.92 Å². The molecule has 0 spiro atoms. The Morgan fingerprint density at radius 3 is 2.93 bits per heavy atom. The number of amidine groups is 1. The number of hydrogen-bond acceptors (Lipinski definition) is 5. The third kappa shape index (κ3) is 3.37. The highest BCUT2D eigenvalue weighted by molar-refractivity contribution is 6.30. The van der Waals surface area contributed by atoms with Crippen LogP contribution in [0.2, 0.25) is 5.02 Å². The van der Waals surface area contributed by atoms with E-state index in [0.29, 0.717) is 21.8 Å². The summed E-state index contributed by atoms with van der Waals surface area (Å²) in [5, 5.41) is 0.467. The van der Waals surface area contributed by atoms with Crippen LogP contribution in [-0.2, 0) is 16.7 Å². The number of fused-ring (bicyclic) bond motifs is 1. The van der Waals surface area contributed by atoms with E-state index in [1.54, 1.807) is 24.3 Å². The van der Waals surface area contributed by atoms with Crippen molar-refractivity contribution in [1.29, 1.82) is 0 Å². The first kappa shape index (κ1) is 18.9. The van der Waals surface area contributed by atoms with Gasteiger partial charge in [0.25, 0.3) is 6.02 Å². The molecule has 146 valence electrons. The molecule has 2 unspecified atom stereocenters. The van der Waals surface area contributed by atoms with Crippen molar-refractivity contribution < 1.29 is 13.9 Å². The van der Waals surface area contributed by atoms with Crippen LogP contribution in [0.3, 0.4) is 0 Å².